The van der Waals surface area contributed by atoms with Gasteiger partial charge in [0.1, 0.15) is 6.04 Å². The molecule has 2 fully saturated rings. The molecule has 1 unspecified atom stereocenters. The van der Waals surface area contributed by atoms with Crippen LogP contribution in [0.1, 0.15) is 34.5 Å². The fourth-order valence-corrected chi connectivity index (χ4v) is 4.03. The number of hydrogen-bond donors (Lipinski definition) is 0. The maximum atomic E-state index is 12.8. The van der Waals surface area contributed by atoms with Crippen LogP contribution in [0.15, 0.2) is 11.4 Å². The zero-order valence-electron chi connectivity index (χ0n) is 12.9. The monoisotopic (exact) mass is 322 g/mol. The standard InChI is InChI=1S/C16H22N2O3S/c1-12-5-11-22-14(12)16(20)18-6-3-2-4-13(18)15(19)17-7-9-21-10-8-17/h5,11,13H,2-4,6-10H2,1H3. The number of amides is 2. The van der Waals surface area contributed by atoms with Crippen molar-refractivity contribution in [3.63, 3.8) is 0 Å². The van der Waals surface area contributed by atoms with Crippen LogP contribution in [0, 0.1) is 6.92 Å². The van der Waals surface area contributed by atoms with Crippen molar-refractivity contribution in [1.82, 2.24) is 9.80 Å². The Labute approximate surface area is 134 Å². The van der Waals surface area contributed by atoms with Crippen LogP contribution in [0.5, 0.6) is 0 Å². The molecule has 5 nitrogen and oxygen atoms in total. The van der Waals surface area contributed by atoms with Gasteiger partial charge in [0.2, 0.25) is 5.91 Å². The van der Waals surface area contributed by atoms with E-state index in [4.69, 9.17) is 4.74 Å². The van der Waals surface area contributed by atoms with Crippen LogP contribution < -0.4 is 0 Å². The topological polar surface area (TPSA) is 49.9 Å². The second-order valence-electron chi connectivity index (χ2n) is 5.88. The molecule has 0 aromatic carbocycles. The summed E-state index contributed by atoms with van der Waals surface area (Å²) >= 11 is 1.46. The van der Waals surface area contributed by atoms with E-state index in [1.54, 1.807) is 4.90 Å². The lowest BCUT2D eigenvalue weighted by molar-refractivity contribution is -0.141. The Kier molecular flexibility index (Phi) is 4.78. The minimum absolute atomic E-state index is 0.0128. The number of aryl methyl sites for hydroxylation is 1. The van der Waals surface area contributed by atoms with Crippen LogP contribution in [0.3, 0.4) is 0 Å². The van der Waals surface area contributed by atoms with Crippen LogP contribution >= 0.6 is 11.3 Å². The fraction of sp³-hybridized carbons (Fsp3) is 0.625. The number of morpholine rings is 1. The molecule has 1 aromatic heterocycles. The summed E-state index contributed by atoms with van der Waals surface area (Å²) in [7, 11) is 0. The van der Waals surface area contributed by atoms with Gasteiger partial charge in [-0.25, -0.2) is 0 Å². The van der Waals surface area contributed by atoms with Crippen molar-refractivity contribution in [1.29, 1.82) is 0 Å². The lowest BCUT2D eigenvalue weighted by atomic mass is 10.00. The molecule has 0 N–H and O–H groups in total. The summed E-state index contributed by atoms with van der Waals surface area (Å²) in [4.78, 5) is 30.0. The zero-order chi connectivity index (χ0) is 15.5. The van der Waals surface area contributed by atoms with Crippen LogP contribution in [-0.4, -0.2) is 60.5 Å². The van der Waals surface area contributed by atoms with Gasteiger partial charge in [0.15, 0.2) is 0 Å². The number of rotatable bonds is 2. The predicted molar refractivity (Wildman–Crippen MR) is 85.1 cm³/mol. The van der Waals surface area contributed by atoms with E-state index in [-0.39, 0.29) is 17.9 Å². The number of ether oxygens (including phenoxy) is 1. The van der Waals surface area contributed by atoms with Gasteiger partial charge in [0.05, 0.1) is 18.1 Å². The first-order chi connectivity index (χ1) is 10.7. The Hall–Kier alpha value is -1.40. The number of nitrogens with zero attached hydrogens (tertiary/aromatic N) is 2. The fourth-order valence-electron chi connectivity index (χ4n) is 3.15. The highest BCUT2D eigenvalue weighted by Crippen LogP contribution is 2.25. The molecule has 6 heteroatoms. The molecule has 2 amide bonds. The highest BCUT2D eigenvalue weighted by molar-refractivity contribution is 7.12. The summed E-state index contributed by atoms with van der Waals surface area (Å²) < 4.78 is 5.31. The molecule has 120 valence electrons. The van der Waals surface area contributed by atoms with E-state index in [9.17, 15) is 9.59 Å². The van der Waals surface area contributed by atoms with Crippen molar-refractivity contribution in [2.75, 3.05) is 32.8 Å². The van der Waals surface area contributed by atoms with Crippen LogP contribution in [0.4, 0.5) is 0 Å². The number of likely N-dealkylation sites (tertiary alicyclic amines) is 1. The molecule has 2 aliphatic rings. The lowest BCUT2D eigenvalue weighted by Crippen LogP contribution is -2.55. The Morgan fingerprint density at radius 2 is 2.00 bits per heavy atom. The highest BCUT2D eigenvalue weighted by atomic mass is 32.1. The average Bonchev–Trinajstić information content (AvgIpc) is 3.00. The average molecular weight is 322 g/mol. The molecular weight excluding hydrogens is 300 g/mol. The molecule has 0 spiro atoms. The van der Waals surface area contributed by atoms with E-state index >= 15 is 0 Å². The summed E-state index contributed by atoms with van der Waals surface area (Å²) in [5, 5.41) is 1.94. The molecule has 2 saturated heterocycles. The Balaban J connectivity index is 1.77. The van der Waals surface area contributed by atoms with Gasteiger partial charge in [-0.2, -0.15) is 0 Å². The normalized spacial score (nSPS) is 22.7. The van der Waals surface area contributed by atoms with E-state index in [2.05, 4.69) is 0 Å². The third-order valence-corrected chi connectivity index (χ3v) is 5.43. The SMILES string of the molecule is Cc1ccsc1C(=O)N1CCCCC1C(=O)N1CCOCC1. The van der Waals surface area contributed by atoms with Gasteiger partial charge in [-0.15, -0.1) is 11.3 Å². The second kappa shape index (κ2) is 6.79. The van der Waals surface area contributed by atoms with Crippen molar-refractivity contribution < 1.29 is 14.3 Å². The number of piperidine rings is 1. The minimum atomic E-state index is -0.305. The van der Waals surface area contributed by atoms with Gasteiger partial charge < -0.3 is 14.5 Å². The van der Waals surface area contributed by atoms with E-state index in [1.807, 2.05) is 23.3 Å². The van der Waals surface area contributed by atoms with Gasteiger partial charge >= 0.3 is 0 Å². The minimum Gasteiger partial charge on any atom is -0.378 e. The molecule has 22 heavy (non-hydrogen) atoms. The maximum Gasteiger partial charge on any atom is 0.264 e. The third-order valence-electron chi connectivity index (χ3n) is 4.43. The van der Waals surface area contributed by atoms with Crippen molar-refractivity contribution >= 4 is 23.2 Å². The van der Waals surface area contributed by atoms with Gasteiger partial charge in [-0.1, -0.05) is 0 Å². The summed E-state index contributed by atoms with van der Waals surface area (Å²) in [6, 6.07) is 1.65. The second-order valence-corrected chi connectivity index (χ2v) is 6.80. The number of thiophene rings is 1. The summed E-state index contributed by atoms with van der Waals surface area (Å²) in [6.07, 6.45) is 2.75. The maximum absolute atomic E-state index is 12.8. The molecule has 3 heterocycles. The summed E-state index contributed by atoms with van der Waals surface area (Å²) in [5.41, 5.74) is 0.998. The molecule has 0 saturated carbocycles. The van der Waals surface area contributed by atoms with Crippen molar-refractivity contribution in [2.45, 2.75) is 32.2 Å². The number of hydrogen-bond acceptors (Lipinski definition) is 4. The van der Waals surface area contributed by atoms with E-state index in [0.717, 1.165) is 29.7 Å². The summed E-state index contributed by atoms with van der Waals surface area (Å²) in [5.74, 6) is 0.101. The van der Waals surface area contributed by atoms with Crippen LogP contribution in [-0.2, 0) is 9.53 Å². The van der Waals surface area contributed by atoms with Crippen LogP contribution in [0.2, 0.25) is 0 Å². The van der Waals surface area contributed by atoms with Crippen molar-refractivity contribution in [2.24, 2.45) is 0 Å². The van der Waals surface area contributed by atoms with Gasteiger partial charge in [-0.05, 0) is 43.2 Å². The molecule has 0 aliphatic carbocycles. The number of carbonyl (C=O) groups is 2. The molecule has 0 bridgehead atoms. The largest absolute Gasteiger partial charge is 0.378 e. The van der Waals surface area contributed by atoms with Gasteiger partial charge in [0, 0.05) is 19.6 Å². The van der Waals surface area contributed by atoms with Gasteiger partial charge in [-0.3, -0.25) is 9.59 Å². The first-order valence-electron chi connectivity index (χ1n) is 7.90. The molecule has 3 rings (SSSR count). The Bertz CT molecular complexity index is 551. The molecular formula is C16H22N2O3S. The molecule has 2 aliphatic heterocycles. The lowest BCUT2D eigenvalue weighted by Gasteiger charge is -2.38. The quantitative estimate of drug-likeness (QED) is 0.836. The van der Waals surface area contributed by atoms with Crippen molar-refractivity contribution in [3.8, 4) is 0 Å². The zero-order valence-corrected chi connectivity index (χ0v) is 13.7. The van der Waals surface area contributed by atoms with E-state index in [0.29, 0.717) is 32.8 Å². The molecule has 0 radical (unpaired) electrons. The first kappa shape index (κ1) is 15.5. The van der Waals surface area contributed by atoms with E-state index < -0.39 is 0 Å². The molecule has 1 aromatic rings. The van der Waals surface area contributed by atoms with Crippen LogP contribution in [0.25, 0.3) is 0 Å². The predicted octanol–water partition coefficient (Wildman–Crippen LogP) is 1.91. The van der Waals surface area contributed by atoms with Crippen molar-refractivity contribution in [3.05, 3.63) is 21.9 Å². The Morgan fingerprint density at radius 1 is 1.23 bits per heavy atom. The molecule has 1 atom stereocenters. The highest BCUT2D eigenvalue weighted by Gasteiger charge is 2.36. The Morgan fingerprint density at radius 3 is 2.68 bits per heavy atom. The number of carbonyl (C=O) groups excluding carboxylic acids is 2. The smallest absolute Gasteiger partial charge is 0.264 e. The third kappa shape index (κ3) is 3.03. The van der Waals surface area contributed by atoms with Gasteiger partial charge in [0.25, 0.3) is 5.91 Å². The summed E-state index contributed by atoms with van der Waals surface area (Å²) in [6.45, 7) is 5.08. The van der Waals surface area contributed by atoms with E-state index in [1.165, 1.54) is 11.3 Å². The first-order valence-corrected chi connectivity index (χ1v) is 8.78.